The molecule has 2 heterocycles. The molecule has 3 rings (SSSR count). The fraction of sp³-hybridized carbons (Fsp3) is 0.625. The van der Waals surface area contributed by atoms with Gasteiger partial charge in [-0.15, -0.1) is 0 Å². The Kier molecular flexibility index (Phi) is 4.88. The maximum Gasteiger partial charge on any atom is 0.317 e. The number of rotatable bonds is 4. The van der Waals surface area contributed by atoms with E-state index in [4.69, 9.17) is 0 Å². The third kappa shape index (κ3) is 3.22. The second-order valence-electron chi connectivity index (χ2n) is 6.13. The highest BCUT2D eigenvalue weighted by atomic mass is 32.2. The van der Waals surface area contributed by atoms with Crippen molar-refractivity contribution in [2.24, 2.45) is 0 Å². The zero-order valence-corrected chi connectivity index (χ0v) is 13.6. The first-order valence-electron chi connectivity index (χ1n) is 8.00. The van der Waals surface area contributed by atoms with Crippen molar-refractivity contribution in [2.75, 3.05) is 31.1 Å². The third-order valence-corrected chi connectivity index (χ3v) is 5.79. The lowest BCUT2D eigenvalue weighted by Crippen LogP contribution is -2.57. The van der Waals surface area contributed by atoms with E-state index < -0.39 is 0 Å². The molecule has 2 aliphatic rings. The third-order valence-electron chi connectivity index (χ3n) is 4.85. The number of hydrogen-bond donors (Lipinski definition) is 1. The number of thioether (sulfide) groups is 1. The zero-order chi connectivity index (χ0) is 15.4. The Morgan fingerprint density at radius 1 is 1.32 bits per heavy atom. The molecule has 0 radical (unpaired) electrons. The Morgan fingerprint density at radius 3 is 2.73 bits per heavy atom. The molecule has 6 heteroatoms. The van der Waals surface area contributed by atoms with Crippen LogP contribution in [0.2, 0.25) is 0 Å². The molecule has 1 saturated heterocycles. The minimum atomic E-state index is -0.270. The van der Waals surface area contributed by atoms with Gasteiger partial charge in [-0.1, -0.05) is 12.8 Å². The quantitative estimate of drug-likeness (QED) is 0.673. The molecule has 120 valence electrons. The standard InChI is InChI=1S/C16H23N3O2S/c20-15(14-5-1-4-8-19(14)21)17-13-16(6-2-3-7-16)18-9-11-22-12-10-18/h1,4-5,8H,2-3,6-7,9-13H2,(H,17,20). The van der Waals surface area contributed by atoms with Crippen molar-refractivity contribution in [3.8, 4) is 0 Å². The van der Waals surface area contributed by atoms with E-state index in [1.165, 1.54) is 30.5 Å². The highest BCUT2D eigenvalue weighted by Crippen LogP contribution is 2.36. The molecule has 0 spiro atoms. The average Bonchev–Trinajstić information content (AvgIpc) is 3.04. The molecular formula is C16H23N3O2S. The summed E-state index contributed by atoms with van der Waals surface area (Å²) >= 11 is 2.01. The van der Waals surface area contributed by atoms with Crippen molar-refractivity contribution < 1.29 is 9.52 Å². The number of pyridine rings is 1. The molecule has 0 aromatic carbocycles. The topological polar surface area (TPSA) is 59.3 Å². The first kappa shape index (κ1) is 15.6. The van der Waals surface area contributed by atoms with E-state index in [-0.39, 0.29) is 17.1 Å². The molecule has 1 amide bonds. The SMILES string of the molecule is O=C(NCC1(N2CCSCC2)CCCC1)c1cccc[n+]1[O-]. The van der Waals surface area contributed by atoms with E-state index in [9.17, 15) is 10.0 Å². The van der Waals surface area contributed by atoms with E-state index in [0.717, 1.165) is 25.9 Å². The van der Waals surface area contributed by atoms with Crippen LogP contribution in [0.25, 0.3) is 0 Å². The molecule has 2 fully saturated rings. The van der Waals surface area contributed by atoms with Gasteiger partial charge in [-0.05, 0) is 18.9 Å². The monoisotopic (exact) mass is 321 g/mol. The maximum atomic E-state index is 12.3. The Balaban J connectivity index is 1.67. The van der Waals surface area contributed by atoms with Crippen molar-refractivity contribution in [2.45, 2.75) is 31.2 Å². The fourth-order valence-electron chi connectivity index (χ4n) is 3.62. The van der Waals surface area contributed by atoms with Gasteiger partial charge in [0.25, 0.3) is 5.69 Å². The first-order chi connectivity index (χ1) is 10.7. The van der Waals surface area contributed by atoms with E-state index in [0.29, 0.717) is 11.3 Å². The van der Waals surface area contributed by atoms with Gasteiger partial charge in [0.2, 0.25) is 0 Å². The summed E-state index contributed by atoms with van der Waals surface area (Å²) in [6, 6.07) is 4.92. The van der Waals surface area contributed by atoms with Gasteiger partial charge in [0.15, 0.2) is 6.20 Å². The summed E-state index contributed by atoms with van der Waals surface area (Å²) in [5.74, 6) is 2.08. The summed E-state index contributed by atoms with van der Waals surface area (Å²) in [6.07, 6.45) is 6.11. The molecule has 1 aromatic rings. The lowest BCUT2D eigenvalue weighted by Gasteiger charge is -2.43. The van der Waals surface area contributed by atoms with Gasteiger partial charge >= 0.3 is 5.91 Å². The Hall–Kier alpha value is -1.27. The molecule has 1 aliphatic carbocycles. The predicted octanol–water partition coefficient (Wildman–Crippen LogP) is 1.41. The van der Waals surface area contributed by atoms with Crippen molar-refractivity contribution in [3.05, 3.63) is 35.3 Å². The molecule has 0 bridgehead atoms. The van der Waals surface area contributed by atoms with Gasteiger partial charge in [-0.2, -0.15) is 16.5 Å². The number of amides is 1. The molecule has 1 aliphatic heterocycles. The lowest BCUT2D eigenvalue weighted by molar-refractivity contribution is -0.607. The Morgan fingerprint density at radius 2 is 2.05 bits per heavy atom. The van der Waals surface area contributed by atoms with Gasteiger partial charge in [0.05, 0.1) is 0 Å². The normalized spacial score (nSPS) is 21.6. The van der Waals surface area contributed by atoms with Crippen molar-refractivity contribution >= 4 is 17.7 Å². The van der Waals surface area contributed by atoms with Crippen LogP contribution >= 0.6 is 11.8 Å². The van der Waals surface area contributed by atoms with Crippen LogP contribution in [0.1, 0.15) is 36.2 Å². The Labute approximate surface area is 135 Å². The molecule has 22 heavy (non-hydrogen) atoms. The van der Waals surface area contributed by atoms with Gasteiger partial charge in [-0.3, -0.25) is 9.69 Å². The second-order valence-corrected chi connectivity index (χ2v) is 7.35. The number of hydrogen-bond acceptors (Lipinski definition) is 4. The van der Waals surface area contributed by atoms with Gasteiger partial charge in [0.1, 0.15) is 0 Å². The maximum absolute atomic E-state index is 12.3. The van der Waals surface area contributed by atoms with Crippen LogP contribution in [0.5, 0.6) is 0 Å². The number of carbonyl (C=O) groups excluding carboxylic acids is 1. The minimum Gasteiger partial charge on any atom is -0.618 e. The Bertz CT molecular complexity index is 526. The van der Waals surface area contributed by atoms with E-state index in [1.807, 2.05) is 11.8 Å². The molecule has 5 nitrogen and oxygen atoms in total. The van der Waals surface area contributed by atoms with Crippen LogP contribution in [0.15, 0.2) is 24.4 Å². The van der Waals surface area contributed by atoms with Crippen LogP contribution in [0.4, 0.5) is 0 Å². The number of aromatic nitrogens is 1. The van der Waals surface area contributed by atoms with Crippen LogP contribution < -0.4 is 10.0 Å². The van der Waals surface area contributed by atoms with Crippen LogP contribution in [0, 0.1) is 5.21 Å². The highest BCUT2D eigenvalue weighted by molar-refractivity contribution is 7.99. The van der Waals surface area contributed by atoms with Crippen LogP contribution in [-0.4, -0.2) is 47.5 Å². The zero-order valence-electron chi connectivity index (χ0n) is 12.8. The first-order valence-corrected chi connectivity index (χ1v) is 9.16. The molecular weight excluding hydrogens is 298 g/mol. The number of nitrogens with one attached hydrogen (secondary N) is 1. The van der Waals surface area contributed by atoms with Crippen LogP contribution in [0.3, 0.4) is 0 Å². The van der Waals surface area contributed by atoms with Gasteiger partial charge in [-0.25, -0.2) is 0 Å². The summed E-state index contributed by atoms with van der Waals surface area (Å²) in [4.78, 5) is 14.9. The molecule has 1 N–H and O–H groups in total. The largest absolute Gasteiger partial charge is 0.618 e. The van der Waals surface area contributed by atoms with E-state index in [1.54, 1.807) is 18.2 Å². The van der Waals surface area contributed by atoms with Crippen LogP contribution in [-0.2, 0) is 0 Å². The minimum absolute atomic E-state index is 0.0964. The van der Waals surface area contributed by atoms with Crippen molar-refractivity contribution in [1.82, 2.24) is 10.2 Å². The summed E-state index contributed by atoms with van der Waals surface area (Å²) < 4.78 is 0.633. The smallest absolute Gasteiger partial charge is 0.317 e. The fourth-order valence-corrected chi connectivity index (χ4v) is 4.52. The van der Waals surface area contributed by atoms with Crippen molar-refractivity contribution in [3.63, 3.8) is 0 Å². The van der Waals surface area contributed by atoms with Crippen molar-refractivity contribution in [1.29, 1.82) is 0 Å². The van der Waals surface area contributed by atoms with E-state index >= 15 is 0 Å². The summed E-state index contributed by atoms with van der Waals surface area (Å²) in [5, 5.41) is 14.7. The molecule has 1 aromatic heterocycles. The predicted molar refractivity (Wildman–Crippen MR) is 87.8 cm³/mol. The average molecular weight is 321 g/mol. The van der Waals surface area contributed by atoms with Gasteiger partial charge in [0, 0.05) is 48.8 Å². The number of nitrogens with zero attached hydrogens (tertiary/aromatic N) is 2. The highest BCUT2D eigenvalue weighted by Gasteiger charge is 2.40. The molecule has 0 unspecified atom stereocenters. The lowest BCUT2D eigenvalue weighted by atomic mass is 9.94. The second kappa shape index (κ2) is 6.87. The number of carbonyl (C=O) groups is 1. The molecule has 1 saturated carbocycles. The summed E-state index contributed by atoms with van der Waals surface area (Å²) in [6.45, 7) is 2.85. The van der Waals surface area contributed by atoms with E-state index in [2.05, 4.69) is 10.2 Å². The summed E-state index contributed by atoms with van der Waals surface area (Å²) in [7, 11) is 0. The summed E-state index contributed by atoms with van der Waals surface area (Å²) in [5.41, 5.74) is 0.268. The van der Waals surface area contributed by atoms with Gasteiger partial charge < -0.3 is 10.5 Å². The molecule has 0 atom stereocenters.